The first-order chi connectivity index (χ1) is 12.0. The minimum absolute atomic E-state index is 0.0573. The van der Waals surface area contributed by atoms with E-state index in [1.165, 1.54) is 48.7 Å². The first kappa shape index (κ1) is 16.1. The number of nitrogens with one attached hydrogen (secondary N) is 1. The first-order valence-corrected chi connectivity index (χ1v) is 9.21. The predicted octanol–water partition coefficient (Wildman–Crippen LogP) is 4.59. The summed E-state index contributed by atoms with van der Waals surface area (Å²) in [4.78, 5) is 12.0. The van der Waals surface area contributed by atoms with Gasteiger partial charge in [0.25, 0.3) is 5.56 Å². The second-order valence-electron chi connectivity index (χ2n) is 7.48. The molecule has 0 unspecified atom stereocenters. The van der Waals surface area contributed by atoms with Crippen LogP contribution in [-0.4, -0.2) is 14.8 Å². The lowest BCUT2D eigenvalue weighted by molar-refractivity contribution is 0.438. The highest BCUT2D eigenvalue weighted by Crippen LogP contribution is 2.37. The van der Waals surface area contributed by atoms with Crippen LogP contribution in [0.2, 0.25) is 0 Å². The van der Waals surface area contributed by atoms with Gasteiger partial charge < -0.3 is 4.57 Å². The van der Waals surface area contributed by atoms with Gasteiger partial charge in [0.15, 0.2) is 0 Å². The molecule has 1 N–H and O–H groups in total. The molecule has 2 aromatic heterocycles. The van der Waals surface area contributed by atoms with Crippen LogP contribution in [0.1, 0.15) is 54.8 Å². The largest absolute Gasteiger partial charge is 0.318 e. The zero-order valence-corrected chi connectivity index (χ0v) is 15.2. The number of benzene rings is 1. The maximum atomic E-state index is 12.0. The molecule has 0 atom stereocenters. The summed E-state index contributed by atoms with van der Waals surface area (Å²) in [7, 11) is 1.81. The number of H-pyrrole nitrogens is 1. The number of nitrogens with zero attached hydrogens (tertiary/aromatic N) is 2. The van der Waals surface area contributed by atoms with E-state index in [2.05, 4.69) is 29.3 Å². The Labute approximate surface area is 147 Å². The smallest absolute Gasteiger partial charge is 0.253 e. The second-order valence-corrected chi connectivity index (χ2v) is 7.48. The van der Waals surface area contributed by atoms with E-state index in [-0.39, 0.29) is 5.56 Å². The Morgan fingerprint density at radius 1 is 1.08 bits per heavy atom. The van der Waals surface area contributed by atoms with Gasteiger partial charge in [-0.15, -0.1) is 0 Å². The average Bonchev–Trinajstić information content (AvgIpc) is 3.02. The van der Waals surface area contributed by atoms with E-state index in [0.717, 1.165) is 22.2 Å². The number of hydrogen-bond donors (Lipinski definition) is 1. The van der Waals surface area contributed by atoms with E-state index in [9.17, 15) is 4.79 Å². The Kier molecular flexibility index (Phi) is 3.98. The molecule has 0 spiro atoms. The van der Waals surface area contributed by atoms with Gasteiger partial charge in [-0.25, -0.2) is 0 Å². The highest BCUT2D eigenvalue weighted by atomic mass is 16.1. The Hall–Kier alpha value is -2.36. The van der Waals surface area contributed by atoms with E-state index in [1.807, 2.05) is 26.2 Å². The molecule has 1 aliphatic carbocycles. The normalized spacial score (nSPS) is 15.8. The molecule has 4 heteroatoms. The lowest BCUT2D eigenvalue weighted by atomic mass is 9.85. The van der Waals surface area contributed by atoms with Gasteiger partial charge in [-0.1, -0.05) is 19.3 Å². The van der Waals surface area contributed by atoms with Gasteiger partial charge in [-0.05, 0) is 61.6 Å². The van der Waals surface area contributed by atoms with Crippen LogP contribution in [0.15, 0.2) is 29.2 Å². The van der Waals surface area contributed by atoms with Crippen molar-refractivity contribution in [2.75, 3.05) is 0 Å². The monoisotopic (exact) mass is 335 g/mol. The molecule has 25 heavy (non-hydrogen) atoms. The van der Waals surface area contributed by atoms with Gasteiger partial charge in [0, 0.05) is 35.8 Å². The van der Waals surface area contributed by atoms with Crippen LogP contribution in [-0.2, 0) is 7.05 Å². The SMILES string of the molecule is Cc1cc2c(C3CCCCC3)[nH]nc2cc1-c1cc(C)c(=O)n(C)c1. The van der Waals surface area contributed by atoms with Crippen LogP contribution < -0.4 is 5.56 Å². The third-order valence-corrected chi connectivity index (χ3v) is 5.62. The van der Waals surface area contributed by atoms with Crippen molar-refractivity contribution in [2.45, 2.75) is 51.9 Å². The Morgan fingerprint density at radius 2 is 1.84 bits per heavy atom. The zero-order chi connectivity index (χ0) is 17.6. The zero-order valence-electron chi connectivity index (χ0n) is 15.2. The lowest BCUT2D eigenvalue weighted by Crippen LogP contribution is -2.18. The second kappa shape index (κ2) is 6.17. The molecule has 2 heterocycles. The van der Waals surface area contributed by atoms with Crippen molar-refractivity contribution < 1.29 is 0 Å². The number of fused-ring (bicyclic) bond motifs is 1. The fourth-order valence-corrected chi connectivity index (χ4v) is 4.22. The lowest BCUT2D eigenvalue weighted by Gasteiger charge is -2.20. The van der Waals surface area contributed by atoms with Gasteiger partial charge in [0.1, 0.15) is 0 Å². The van der Waals surface area contributed by atoms with Gasteiger partial charge in [-0.2, -0.15) is 5.10 Å². The summed E-state index contributed by atoms with van der Waals surface area (Å²) in [5.74, 6) is 0.615. The molecule has 1 aromatic carbocycles. The quantitative estimate of drug-likeness (QED) is 0.744. The van der Waals surface area contributed by atoms with Crippen molar-refractivity contribution in [1.29, 1.82) is 0 Å². The number of rotatable bonds is 2. The maximum absolute atomic E-state index is 12.0. The molecule has 0 saturated heterocycles. The van der Waals surface area contributed by atoms with Crippen molar-refractivity contribution in [1.82, 2.24) is 14.8 Å². The summed E-state index contributed by atoms with van der Waals surface area (Å²) in [6.07, 6.45) is 8.44. The Bertz CT molecular complexity index is 964. The third-order valence-electron chi connectivity index (χ3n) is 5.62. The van der Waals surface area contributed by atoms with Crippen molar-refractivity contribution in [3.05, 3.63) is 51.6 Å². The predicted molar refractivity (Wildman–Crippen MR) is 102 cm³/mol. The molecule has 0 radical (unpaired) electrons. The number of aromatic amines is 1. The van der Waals surface area contributed by atoms with Crippen LogP contribution >= 0.6 is 0 Å². The van der Waals surface area contributed by atoms with E-state index in [4.69, 9.17) is 0 Å². The minimum atomic E-state index is 0.0573. The van der Waals surface area contributed by atoms with Crippen molar-refractivity contribution in [3.8, 4) is 11.1 Å². The molecule has 130 valence electrons. The molecule has 4 rings (SSSR count). The average molecular weight is 335 g/mol. The van der Waals surface area contributed by atoms with Gasteiger partial charge in [0.2, 0.25) is 0 Å². The summed E-state index contributed by atoms with van der Waals surface area (Å²) in [6, 6.07) is 6.40. The summed E-state index contributed by atoms with van der Waals surface area (Å²) in [5, 5.41) is 9.16. The molecule has 4 nitrogen and oxygen atoms in total. The molecule has 1 aliphatic rings. The van der Waals surface area contributed by atoms with E-state index < -0.39 is 0 Å². The number of aryl methyl sites for hydroxylation is 3. The molecule has 1 fully saturated rings. The van der Waals surface area contributed by atoms with E-state index in [0.29, 0.717) is 5.92 Å². The minimum Gasteiger partial charge on any atom is -0.318 e. The van der Waals surface area contributed by atoms with Crippen LogP contribution in [0.3, 0.4) is 0 Å². The topological polar surface area (TPSA) is 50.7 Å². The van der Waals surface area contributed by atoms with E-state index in [1.54, 1.807) is 4.57 Å². The summed E-state index contributed by atoms with van der Waals surface area (Å²) in [5.41, 5.74) is 6.60. The molecule has 1 saturated carbocycles. The fourth-order valence-electron chi connectivity index (χ4n) is 4.22. The molecule has 0 amide bonds. The highest BCUT2D eigenvalue weighted by molar-refractivity contribution is 5.88. The molecule has 0 bridgehead atoms. The number of aromatic nitrogens is 3. The van der Waals surface area contributed by atoms with Crippen LogP contribution in [0.25, 0.3) is 22.0 Å². The highest BCUT2D eigenvalue weighted by Gasteiger charge is 2.20. The Balaban J connectivity index is 1.82. The van der Waals surface area contributed by atoms with Crippen molar-refractivity contribution in [2.24, 2.45) is 7.05 Å². The Morgan fingerprint density at radius 3 is 2.56 bits per heavy atom. The van der Waals surface area contributed by atoms with Crippen LogP contribution in [0.4, 0.5) is 0 Å². The molecular weight excluding hydrogens is 310 g/mol. The molecular formula is C21H25N3O. The maximum Gasteiger partial charge on any atom is 0.253 e. The van der Waals surface area contributed by atoms with E-state index >= 15 is 0 Å². The van der Waals surface area contributed by atoms with Crippen molar-refractivity contribution in [3.63, 3.8) is 0 Å². The van der Waals surface area contributed by atoms with Gasteiger partial charge in [0.05, 0.1) is 5.52 Å². The molecule has 3 aromatic rings. The standard InChI is InChI=1S/C21H25N3O/c1-13-10-18-19(22-23-20(18)15-7-5-4-6-8-15)11-17(13)16-9-14(2)21(25)24(3)12-16/h9-12,15H,4-8H2,1-3H3,(H,22,23). The van der Waals surface area contributed by atoms with Crippen LogP contribution in [0, 0.1) is 13.8 Å². The summed E-state index contributed by atoms with van der Waals surface area (Å²) < 4.78 is 1.66. The first-order valence-electron chi connectivity index (χ1n) is 9.21. The fraction of sp³-hybridized carbons (Fsp3) is 0.429. The number of pyridine rings is 1. The summed E-state index contributed by atoms with van der Waals surface area (Å²) in [6.45, 7) is 4.02. The van der Waals surface area contributed by atoms with Crippen LogP contribution in [0.5, 0.6) is 0 Å². The van der Waals surface area contributed by atoms with Gasteiger partial charge in [-0.3, -0.25) is 9.89 Å². The molecule has 0 aliphatic heterocycles. The summed E-state index contributed by atoms with van der Waals surface area (Å²) >= 11 is 0. The van der Waals surface area contributed by atoms with Gasteiger partial charge >= 0.3 is 0 Å². The number of hydrogen-bond acceptors (Lipinski definition) is 2. The third kappa shape index (κ3) is 2.80. The van der Waals surface area contributed by atoms with Crippen molar-refractivity contribution >= 4 is 10.9 Å².